The van der Waals surface area contributed by atoms with Gasteiger partial charge >= 0.3 is 0 Å². The van der Waals surface area contributed by atoms with Crippen LogP contribution in [0.5, 0.6) is 0 Å². The van der Waals surface area contributed by atoms with E-state index in [2.05, 4.69) is 36.1 Å². The molecule has 1 fully saturated rings. The molecule has 2 aromatic carbocycles. The van der Waals surface area contributed by atoms with Gasteiger partial charge in [0.25, 0.3) is 0 Å². The minimum absolute atomic E-state index is 0.147. The lowest BCUT2D eigenvalue weighted by molar-refractivity contribution is 0.163. The van der Waals surface area contributed by atoms with Gasteiger partial charge in [-0.2, -0.15) is 0 Å². The van der Waals surface area contributed by atoms with Crippen LogP contribution in [0.15, 0.2) is 52.9 Å². The van der Waals surface area contributed by atoms with Gasteiger partial charge in [0, 0.05) is 12.3 Å². The molecule has 5 heteroatoms. The van der Waals surface area contributed by atoms with Gasteiger partial charge in [0.2, 0.25) is 0 Å². The predicted molar refractivity (Wildman–Crippen MR) is 124 cm³/mol. The summed E-state index contributed by atoms with van der Waals surface area (Å²) in [6.45, 7) is 5.74. The van der Waals surface area contributed by atoms with Crippen molar-refractivity contribution < 1.29 is 4.39 Å². The standard InChI is InChI=1S/C24H29FN2S2/c1-2-3-6-14-27-15-13-21(18-9-11-20(25)12-10-18)19(16-27)17-28-24-26-22-7-4-5-8-23(22)29-24/h4-5,7-12,19,21H,2-3,6,13-17H2,1H3. The van der Waals surface area contributed by atoms with Crippen molar-refractivity contribution in [3.63, 3.8) is 0 Å². The van der Waals surface area contributed by atoms with Gasteiger partial charge < -0.3 is 4.90 Å². The molecule has 1 aliphatic rings. The second-order valence-corrected chi connectivity index (χ2v) is 10.3. The number of benzene rings is 2. The van der Waals surface area contributed by atoms with Crippen molar-refractivity contribution in [3.8, 4) is 0 Å². The van der Waals surface area contributed by atoms with E-state index in [1.54, 1.807) is 23.5 Å². The third kappa shape index (κ3) is 5.39. The summed E-state index contributed by atoms with van der Waals surface area (Å²) in [5.74, 6) is 1.98. The lowest BCUT2D eigenvalue weighted by atomic mass is 9.81. The van der Waals surface area contributed by atoms with Crippen molar-refractivity contribution in [3.05, 3.63) is 59.9 Å². The van der Waals surface area contributed by atoms with E-state index in [9.17, 15) is 4.39 Å². The Kier molecular flexibility index (Phi) is 7.22. The lowest BCUT2D eigenvalue weighted by Gasteiger charge is -2.39. The molecule has 2 nitrogen and oxygen atoms in total. The molecule has 2 unspecified atom stereocenters. The van der Waals surface area contributed by atoms with E-state index in [0.29, 0.717) is 11.8 Å². The third-order valence-electron chi connectivity index (χ3n) is 5.89. The number of thioether (sulfide) groups is 1. The zero-order valence-corrected chi connectivity index (χ0v) is 18.7. The Morgan fingerprint density at radius 2 is 1.97 bits per heavy atom. The first kappa shape index (κ1) is 20.8. The molecule has 0 aliphatic carbocycles. The molecule has 0 spiro atoms. The van der Waals surface area contributed by atoms with E-state index < -0.39 is 0 Å². The number of hydrogen-bond acceptors (Lipinski definition) is 4. The first-order valence-corrected chi connectivity index (χ1v) is 12.5. The van der Waals surface area contributed by atoms with E-state index in [-0.39, 0.29) is 5.82 Å². The third-order valence-corrected chi connectivity index (χ3v) is 8.26. The predicted octanol–water partition coefficient (Wildman–Crippen LogP) is 6.82. The molecule has 0 N–H and O–H groups in total. The Labute approximate surface area is 181 Å². The second-order valence-electron chi connectivity index (χ2n) is 7.97. The van der Waals surface area contributed by atoms with Gasteiger partial charge in [0.05, 0.1) is 10.2 Å². The molecule has 154 valence electrons. The Morgan fingerprint density at radius 3 is 2.76 bits per heavy atom. The van der Waals surface area contributed by atoms with Gasteiger partial charge in [0.1, 0.15) is 5.82 Å². The van der Waals surface area contributed by atoms with Crippen LogP contribution in [0, 0.1) is 11.7 Å². The maximum atomic E-state index is 13.4. The fourth-order valence-corrected chi connectivity index (χ4v) is 6.57. The van der Waals surface area contributed by atoms with Gasteiger partial charge in [-0.3, -0.25) is 0 Å². The van der Waals surface area contributed by atoms with Crippen molar-refractivity contribution in [2.24, 2.45) is 5.92 Å². The Hall–Kier alpha value is -1.43. The summed E-state index contributed by atoms with van der Waals surface area (Å²) >= 11 is 3.68. The first-order valence-electron chi connectivity index (χ1n) is 10.7. The molecule has 0 bridgehead atoms. The fraction of sp³-hybridized carbons (Fsp3) is 0.458. The summed E-state index contributed by atoms with van der Waals surface area (Å²) in [4.78, 5) is 7.44. The number of piperidine rings is 1. The number of halogens is 1. The summed E-state index contributed by atoms with van der Waals surface area (Å²) in [6, 6.07) is 15.6. The molecule has 4 rings (SSSR count). The van der Waals surface area contributed by atoms with Crippen LogP contribution in [0.4, 0.5) is 4.39 Å². The number of likely N-dealkylation sites (tertiary alicyclic amines) is 1. The van der Waals surface area contributed by atoms with E-state index in [4.69, 9.17) is 4.98 Å². The van der Waals surface area contributed by atoms with Crippen LogP contribution in [0.2, 0.25) is 0 Å². The number of unbranched alkanes of at least 4 members (excludes halogenated alkanes) is 2. The highest BCUT2D eigenvalue weighted by molar-refractivity contribution is 8.01. The number of para-hydroxylation sites is 1. The number of aromatic nitrogens is 1. The van der Waals surface area contributed by atoms with Crippen LogP contribution in [-0.4, -0.2) is 35.3 Å². The lowest BCUT2D eigenvalue weighted by Crippen LogP contribution is -2.41. The molecule has 2 atom stereocenters. The molecule has 0 radical (unpaired) electrons. The zero-order valence-electron chi connectivity index (χ0n) is 17.0. The summed E-state index contributed by atoms with van der Waals surface area (Å²) in [5, 5.41) is 0. The molecule has 1 saturated heterocycles. The molecule has 3 aromatic rings. The quantitative estimate of drug-likeness (QED) is 0.289. The number of hydrogen-bond donors (Lipinski definition) is 0. The normalized spacial score (nSPS) is 20.3. The largest absolute Gasteiger partial charge is 0.303 e. The van der Waals surface area contributed by atoms with Crippen LogP contribution < -0.4 is 0 Å². The van der Waals surface area contributed by atoms with Crippen LogP contribution in [0.1, 0.15) is 44.1 Å². The Balaban J connectivity index is 1.46. The summed E-state index contributed by atoms with van der Waals surface area (Å²) in [7, 11) is 0. The van der Waals surface area contributed by atoms with Crippen molar-refractivity contribution in [1.29, 1.82) is 0 Å². The molecule has 1 aliphatic heterocycles. The van der Waals surface area contributed by atoms with Crippen molar-refractivity contribution in [2.45, 2.75) is 42.9 Å². The number of fused-ring (bicyclic) bond motifs is 1. The van der Waals surface area contributed by atoms with Crippen LogP contribution in [0.25, 0.3) is 10.2 Å². The van der Waals surface area contributed by atoms with Crippen LogP contribution in [-0.2, 0) is 0 Å². The highest BCUT2D eigenvalue weighted by atomic mass is 32.2. The average Bonchev–Trinajstić information content (AvgIpc) is 3.16. The number of rotatable bonds is 8. The van der Waals surface area contributed by atoms with Gasteiger partial charge in [-0.25, -0.2) is 9.37 Å². The molecule has 2 heterocycles. The molecule has 0 saturated carbocycles. The molecule has 29 heavy (non-hydrogen) atoms. The van der Waals surface area contributed by atoms with Gasteiger partial charge in [-0.05, 0) is 67.6 Å². The number of thiazole rings is 1. The zero-order chi connectivity index (χ0) is 20.1. The topological polar surface area (TPSA) is 16.1 Å². The maximum Gasteiger partial charge on any atom is 0.151 e. The van der Waals surface area contributed by atoms with E-state index in [1.807, 2.05) is 23.9 Å². The Morgan fingerprint density at radius 1 is 1.14 bits per heavy atom. The van der Waals surface area contributed by atoms with E-state index >= 15 is 0 Å². The minimum Gasteiger partial charge on any atom is -0.303 e. The molecular weight excluding hydrogens is 399 g/mol. The molecular formula is C24H29FN2S2. The number of nitrogens with zero attached hydrogens (tertiary/aromatic N) is 2. The van der Waals surface area contributed by atoms with Gasteiger partial charge in [-0.15, -0.1) is 11.3 Å². The fourth-order valence-electron chi connectivity index (χ4n) is 4.30. The van der Waals surface area contributed by atoms with Crippen LogP contribution >= 0.6 is 23.1 Å². The second kappa shape index (κ2) is 10.1. The molecule has 1 aromatic heterocycles. The monoisotopic (exact) mass is 428 g/mol. The highest BCUT2D eigenvalue weighted by Gasteiger charge is 2.30. The minimum atomic E-state index is -0.147. The van der Waals surface area contributed by atoms with Crippen molar-refractivity contribution >= 4 is 33.3 Å². The van der Waals surface area contributed by atoms with E-state index in [0.717, 1.165) is 35.1 Å². The molecule has 0 amide bonds. The summed E-state index contributed by atoms with van der Waals surface area (Å²) in [5.41, 5.74) is 2.38. The summed E-state index contributed by atoms with van der Waals surface area (Å²) < 4.78 is 15.9. The van der Waals surface area contributed by atoms with Crippen LogP contribution in [0.3, 0.4) is 0 Å². The Bertz CT molecular complexity index is 876. The summed E-state index contributed by atoms with van der Waals surface area (Å²) in [6.07, 6.45) is 5.02. The smallest absolute Gasteiger partial charge is 0.151 e. The first-order chi connectivity index (χ1) is 14.2. The van der Waals surface area contributed by atoms with Crippen molar-refractivity contribution in [1.82, 2.24) is 9.88 Å². The van der Waals surface area contributed by atoms with Gasteiger partial charge in [-0.1, -0.05) is 55.8 Å². The van der Waals surface area contributed by atoms with E-state index in [1.165, 1.54) is 36.1 Å². The SMILES string of the molecule is CCCCCN1CCC(c2ccc(F)cc2)C(CSc2nc3ccccc3s2)C1. The average molecular weight is 429 g/mol. The highest BCUT2D eigenvalue weighted by Crippen LogP contribution is 2.38. The maximum absolute atomic E-state index is 13.4. The van der Waals surface area contributed by atoms with Crippen molar-refractivity contribution in [2.75, 3.05) is 25.4 Å². The van der Waals surface area contributed by atoms with Gasteiger partial charge in [0.15, 0.2) is 4.34 Å².